The topological polar surface area (TPSA) is 41.1 Å². The van der Waals surface area contributed by atoms with Crippen LogP contribution in [0.15, 0.2) is 12.3 Å². The fourth-order valence-corrected chi connectivity index (χ4v) is 3.30. The number of hydrogen-bond donors (Lipinski definition) is 1. The van der Waals surface area contributed by atoms with Crippen molar-refractivity contribution in [1.29, 1.82) is 0 Å². The van der Waals surface area contributed by atoms with Crippen LogP contribution < -0.4 is 10.2 Å². The van der Waals surface area contributed by atoms with E-state index in [0.717, 1.165) is 18.3 Å². The highest BCUT2D eigenvalue weighted by Crippen LogP contribution is 2.40. The van der Waals surface area contributed by atoms with Crippen molar-refractivity contribution >= 4 is 23.5 Å². The molecule has 5 heteroatoms. The molecule has 1 aliphatic rings. The van der Waals surface area contributed by atoms with Gasteiger partial charge in [0.05, 0.1) is 0 Å². The highest BCUT2D eigenvalue weighted by Gasteiger charge is 2.32. The van der Waals surface area contributed by atoms with Crippen molar-refractivity contribution in [1.82, 2.24) is 9.97 Å². The van der Waals surface area contributed by atoms with Crippen molar-refractivity contribution in [3.8, 4) is 0 Å². The van der Waals surface area contributed by atoms with Gasteiger partial charge in [0, 0.05) is 31.6 Å². The van der Waals surface area contributed by atoms with Gasteiger partial charge in [0.15, 0.2) is 0 Å². The molecule has 18 heavy (non-hydrogen) atoms. The first-order valence-electron chi connectivity index (χ1n) is 6.45. The maximum Gasteiger partial charge on any atom is 0.226 e. The van der Waals surface area contributed by atoms with Gasteiger partial charge in [-0.3, -0.25) is 0 Å². The number of hydrogen-bond acceptors (Lipinski definition) is 5. The van der Waals surface area contributed by atoms with Crippen LogP contribution in [0.4, 0.5) is 11.8 Å². The molecule has 0 aliphatic heterocycles. The summed E-state index contributed by atoms with van der Waals surface area (Å²) >= 11 is 1.99. The fourth-order valence-electron chi connectivity index (χ4n) is 2.39. The maximum absolute atomic E-state index is 4.49. The van der Waals surface area contributed by atoms with Gasteiger partial charge in [0.2, 0.25) is 5.95 Å². The molecule has 4 nitrogen and oxygen atoms in total. The standard InChI is InChI=1S/C13H22N4S/c1-17(2)12-14-9-6-11(16-12)15-10-13(18-3)7-4-5-8-13/h6,9H,4-5,7-8,10H2,1-3H3,(H,14,15,16). The second-order valence-corrected chi connectivity index (χ2v) is 6.36. The Balaban J connectivity index is 1.99. The lowest BCUT2D eigenvalue weighted by Crippen LogP contribution is -2.30. The van der Waals surface area contributed by atoms with E-state index in [1.807, 2.05) is 43.0 Å². The molecule has 1 saturated carbocycles. The summed E-state index contributed by atoms with van der Waals surface area (Å²) in [4.78, 5) is 10.6. The SMILES string of the molecule is CSC1(CNc2ccnc(N(C)C)n2)CCCC1. The average Bonchev–Trinajstić information content (AvgIpc) is 2.86. The normalized spacial score (nSPS) is 17.7. The highest BCUT2D eigenvalue weighted by atomic mass is 32.2. The molecule has 1 fully saturated rings. The predicted molar refractivity (Wildman–Crippen MR) is 79.6 cm³/mol. The quantitative estimate of drug-likeness (QED) is 0.887. The molecule has 1 aromatic heterocycles. The third-order valence-corrected chi connectivity index (χ3v) is 5.00. The Morgan fingerprint density at radius 1 is 1.39 bits per heavy atom. The number of nitrogens with zero attached hydrogens (tertiary/aromatic N) is 3. The Morgan fingerprint density at radius 2 is 2.11 bits per heavy atom. The molecule has 0 spiro atoms. The lowest BCUT2D eigenvalue weighted by Gasteiger charge is -2.27. The molecule has 1 heterocycles. The Bertz CT molecular complexity index is 388. The fraction of sp³-hybridized carbons (Fsp3) is 0.692. The number of nitrogens with one attached hydrogen (secondary N) is 1. The maximum atomic E-state index is 4.49. The molecule has 0 aromatic carbocycles. The number of rotatable bonds is 5. The Morgan fingerprint density at radius 3 is 2.72 bits per heavy atom. The third-order valence-electron chi connectivity index (χ3n) is 3.58. The molecule has 2 rings (SSSR count). The van der Waals surface area contributed by atoms with Crippen molar-refractivity contribution < 1.29 is 0 Å². The largest absolute Gasteiger partial charge is 0.369 e. The summed E-state index contributed by atoms with van der Waals surface area (Å²) < 4.78 is 0.406. The number of thioether (sulfide) groups is 1. The van der Waals surface area contributed by atoms with Gasteiger partial charge in [-0.1, -0.05) is 12.8 Å². The number of anilines is 2. The predicted octanol–water partition coefficient (Wildman–Crippen LogP) is 2.63. The molecule has 0 bridgehead atoms. The van der Waals surface area contributed by atoms with Crippen LogP contribution >= 0.6 is 11.8 Å². The number of aromatic nitrogens is 2. The van der Waals surface area contributed by atoms with Crippen molar-refractivity contribution in [2.45, 2.75) is 30.4 Å². The first-order valence-corrected chi connectivity index (χ1v) is 7.67. The average molecular weight is 266 g/mol. The third kappa shape index (κ3) is 3.07. The van der Waals surface area contributed by atoms with Gasteiger partial charge in [-0.25, -0.2) is 4.98 Å². The minimum absolute atomic E-state index is 0.406. The molecule has 1 N–H and O–H groups in total. The second-order valence-electron chi connectivity index (χ2n) is 5.08. The smallest absolute Gasteiger partial charge is 0.226 e. The van der Waals surface area contributed by atoms with Crippen LogP contribution in [-0.4, -0.2) is 41.6 Å². The van der Waals surface area contributed by atoms with Crippen molar-refractivity contribution in [2.75, 3.05) is 37.1 Å². The summed E-state index contributed by atoms with van der Waals surface area (Å²) in [5, 5.41) is 3.48. The minimum atomic E-state index is 0.406. The summed E-state index contributed by atoms with van der Waals surface area (Å²) in [6.07, 6.45) is 9.37. The highest BCUT2D eigenvalue weighted by molar-refractivity contribution is 8.00. The molecular weight excluding hydrogens is 244 g/mol. The molecule has 0 unspecified atom stereocenters. The van der Waals surface area contributed by atoms with Crippen LogP contribution in [0, 0.1) is 0 Å². The summed E-state index contributed by atoms with van der Waals surface area (Å²) in [7, 11) is 3.92. The summed E-state index contributed by atoms with van der Waals surface area (Å²) in [6, 6.07) is 1.94. The Hall–Kier alpha value is -0.970. The monoisotopic (exact) mass is 266 g/mol. The van der Waals surface area contributed by atoms with Crippen LogP contribution in [0.5, 0.6) is 0 Å². The van der Waals surface area contributed by atoms with E-state index >= 15 is 0 Å². The van der Waals surface area contributed by atoms with Gasteiger partial charge in [0.25, 0.3) is 0 Å². The van der Waals surface area contributed by atoms with Crippen LogP contribution in [0.3, 0.4) is 0 Å². The molecular formula is C13H22N4S. The molecule has 1 aromatic rings. The molecule has 0 atom stereocenters. The van der Waals surface area contributed by atoms with Gasteiger partial charge < -0.3 is 10.2 Å². The Labute approximate surface area is 114 Å². The van der Waals surface area contributed by atoms with Crippen LogP contribution in [-0.2, 0) is 0 Å². The van der Waals surface area contributed by atoms with E-state index in [1.165, 1.54) is 25.7 Å². The molecule has 1 aliphatic carbocycles. The van der Waals surface area contributed by atoms with E-state index in [4.69, 9.17) is 0 Å². The second kappa shape index (κ2) is 5.78. The summed E-state index contributed by atoms with van der Waals surface area (Å²) in [6.45, 7) is 0.998. The van der Waals surface area contributed by atoms with Gasteiger partial charge in [-0.15, -0.1) is 0 Å². The van der Waals surface area contributed by atoms with Crippen molar-refractivity contribution in [2.24, 2.45) is 0 Å². The lowest BCUT2D eigenvalue weighted by atomic mass is 10.1. The zero-order chi connectivity index (χ0) is 13.0. The minimum Gasteiger partial charge on any atom is -0.369 e. The zero-order valence-electron chi connectivity index (χ0n) is 11.4. The summed E-state index contributed by atoms with van der Waals surface area (Å²) in [5.41, 5.74) is 0. The van der Waals surface area contributed by atoms with Gasteiger partial charge in [-0.2, -0.15) is 16.7 Å². The van der Waals surface area contributed by atoms with E-state index in [-0.39, 0.29) is 0 Å². The van der Waals surface area contributed by atoms with E-state index in [9.17, 15) is 0 Å². The molecule has 0 saturated heterocycles. The molecule has 0 amide bonds. The first kappa shape index (κ1) is 13.5. The van der Waals surface area contributed by atoms with Crippen molar-refractivity contribution in [3.05, 3.63) is 12.3 Å². The first-order chi connectivity index (χ1) is 8.65. The zero-order valence-corrected chi connectivity index (χ0v) is 12.3. The molecule has 100 valence electrons. The van der Waals surface area contributed by atoms with E-state index in [1.54, 1.807) is 0 Å². The summed E-state index contributed by atoms with van der Waals surface area (Å²) in [5.74, 6) is 1.68. The van der Waals surface area contributed by atoms with Gasteiger partial charge in [-0.05, 0) is 25.2 Å². The van der Waals surface area contributed by atoms with E-state index in [2.05, 4.69) is 21.5 Å². The molecule has 0 radical (unpaired) electrons. The van der Waals surface area contributed by atoms with Crippen LogP contribution in [0.2, 0.25) is 0 Å². The van der Waals surface area contributed by atoms with E-state index < -0.39 is 0 Å². The Kier molecular flexibility index (Phi) is 4.32. The lowest BCUT2D eigenvalue weighted by molar-refractivity contribution is 0.638. The van der Waals surface area contributed by atoms with Gasteiger partial charge in [0.1, 0.15) is 5.82 Å². The van der Waals surface area contributed by atoms with Crippen molar-refractivity contribution in [3.63, 3.8) is 0 Å². The van der Waals surface area contributed by atoms with Gasteiger partial charge >= 0.3 is 0 Å². The van der Waals surface area contributed by atoms with Crippen LogP contribution in [0.1, 0.15) is 25.7 Å². The van der Waals surface area contributed by atoms with E-state index in [0.29, 0.717) is 4.75 Å². The van der Waals surface area contributed by atoms with Crippen LogP contribution in [0.25, 0.3) is 0 Å².